The van der Waals surface area contributed by atoms with Crippen molar-refractivity contribution < 1.29 is 0 Å². The van der Waals surface area contributed by atoms with Crippen LogP contribution in [0.2, 0.25) is 5.02 Å². The molecule has 2 nitrogen and oxygen atoms in total. The molecule has 0 saturated carbocycles. The summed E-state index contributed by atoms with van der Waals surface area (Å²) in [5.41, 5.74) is 8.69. The van der Waals surface area contributed by atoms with Crippen molar-refractivity contribution in [1.29, 1.82) is 0 Å². The molecule has 19 heavy (non-hydrogen) atoms. The van der Waals surface area contributed by atoms with Crippen molar-refractivity contribution >= 4 is 34.3 Å². The van der Waals surface area contributed by atoms with E-state index in [2.05, 4.69) is 24.9 Å². The van der Waals surface area contributed by atoms with Crippen molar-refractivity contribution in [2.75, 3.05) is 6.54 Å². The van der Waals surface area contributed by atoms with Crippen LogP contribution >= 0.6 is 23.4 Å². The Kier molecular flexibility index (Phi) is 5.08. The van der Waals surface area contributed by atoms with E-state index in [1.807, 2.05) is 30.0 Å². The fraction of sp³-hybridized carbons (Fsp3) is 0.400. The molecule has 0 aliphatic carbocycles. The first kappa shape index (κ1) is 14.6. The number of para-hydroxylation sites is 1. The van der Waals surface area contributed by atoms with E-state index in [4.69, 9.17) is 17.3 Å². The van der Waals surface area contributed by atoms with E-state index in [0.717, 1.165) is 45.9 Å². The number of benzene rings is 1. The molecule has 2 N–H and O–H groups in total. The van der Waals surface area contributed by atoms with Crippen molar-refractivity contribution in [2.45, 2.75) is 31.3 Å². The SMILES string of the molecule is Cc1c(Cl)c(CSC(C)CCN)nc2ccccc12. The van der Waals surface area contributed by atoms with Gasteiger partial charge in [0, 0.05) is 16.4 Å². The van der Waals surface area contributed by atoms with E-state index in [0.29, 0.717) is 5.25 Å². The van der Waals surface area contributed by atoms with Gasteiger partial charge in [-0.15, -0.1) is 0 Å². The van der Waals surface area contributed by atoms with Gasteiger partial charge in [-0.3, -0.25) is 4.98 Å². The van der Waals surface area contributed by atoms with Crippen LogP contribution in [-0.4, -0.2) is 16.8 Å². The minimum atomic E-state index is 0.537. The highest BCUT2D eigenvalue weighted by Gasteiger charge is 2.11. The summed E-state index contributed by atoms with van der Waals surface area (Å²) in [6.07, 6.45) is 1.02. The van der Waals surface area contributed by atoms with Gasteiger partial charge in [0.1, 0.15) is 0 Å². The molecule has 1 unspecified atom stereocenters. The maximum absolute atomic E-state index is 6.43. The Bertz CT molecular complexity index is 571. The zero-order valence-corrected chi connectivity index (χ0v) is 12.9. The van der Waals surface area contributed by atoms with Crippen molar-refractivity contribution in [3.05, 3.63) is 40.5 Å². The summed E-state index contributed by atoms with van der Waals surface area (Å²) < 4.78 is 0. The van der Waals surface area contributed by atoms with Crippen molar-refractivity contribution in [3.8, 4) is 0 Å². The lowest BCUT2D eigenvalue weighted by atomic mass is 10.1. The Morgan fingerprint density at radius 1 is 1.37 bits per heavy atom. The number of rotatable bonds is 5. The second-order valence-corrected chi connectivity index (χ2v) is 6.52. The summed E-state index contributed by atoms with van der Waals surface area (Å²) in [4.78, 5) is 4.68. The average Bonchev–Trinajstić information content (AvgIpc) is 2.42. The van der Waals surface area contributed by atoms with E-state index in [1.165, 1.54) is 0 Å². The Labute approximate surface area is 123 Å². The molecular weight excluding hydrogens is 276 g/mol. The molecular formula is C15H19ClN2S. The van der Waals surface area contributed by atoms with Gasteiger partial charge in [0.15, 0.2) is 0 Å². The first-order valence-electron chi connectivity index (χ1n) is 6.49. The molecule has 102 valence electrons. The Morgan fingerprint density at radius 2 is 2.11 bits per heavy atom. The molecule has 0 aliphatic heterocycles. The third-order valence-corrected chi connectivity index (χ3v) is 4.97. The standard InChI is InChI=1S/C15H19ClN2S/c1-10(7-8-17)19-9-14-15(16)11(2)12-5-3-4-6-13(12)18-14/h3-6,10H,7-9,17H2,1-2H3. The van der Waals surface area contributed by atoms with E-state index >= 15 is 0 Å². The van der Waals surface area contributed by atoms with Crippen LogP contribution < -0.4 is 5.73 Å². The van der Waals surface area contributed by atoms with Crippen molar-refractivity contribution in [1.82, 2.24) is 4.98 Å². The first-order chi connectivity index (χ1) is 9.13. The molecule has 0 amide bonds. The second-order valence-electron chi connectivity index (χ2n) is 4.71. The zero-order chi connectivity index (χ0) is 13.8. The highest BCUT2D eigenvalue weighted by Crippen LogP contribution is 2.30. The first-order valence-corrected chi connectivity index (χ1v) is 7.91. The summed E-state index contributed by atoms with van der Waals surface area (Å²) >= 11 is 8.29. The molecule has 0 radical (unpaired) electrons. The zero-order valence-electron chi connectivity index (χ0n) is 11.3. The van der Waals surface area contributed by atoms with Crippen LogP contribution in [0.25, 0.3) is 10.9 Å². The molecule has 0 spiro atoms. The summed E-state index contributed by atoms with van der Waals surface area (Å²) in [5.74, 6) is 0.839. The van der Waals surface area contributed by atoms with Crippen LogP contribution in [0.5, 0.6) is 0 Å². The molecule has 2 aromatic rings. The number of nitrogens with zero attached hydrogens (tertiary/aromatic N) is 1. The molecule has 0 bridgehead atoms. The number of fused-ring (bicyclic) bond motifs is 1. The van der Waals surface area contributed by atoms with Crippen LogP contribution in [0.3, 0.4) is 0 Å². The molecule has 2 rings (SSSR count). The lowest BCUT2D eigenvalue weighted by Crippen LogP contribution is -2.07. The van der Waals surface area contributed by atoms with Crippen LogP contribution in [0.1, 0.15) is 24.6 Å². The van der Waals surface area contributed by atoms with Crippen LogP contribution in [0.4, 0.5) is 0 Å². The number of aromatic nitrogens is 1. The molecule has 1 aromatic heterocycles. The monoisotopic (exact) mass is 294 g/mol. The van der Waals surface area contributed by atoms with Gasteiger partial charge >= 0.3 is 0 Å². The lowest BCUT2D eigenvalue weighted by Gasteiger charge is -2.12. The van der Waals surface area contributed by atoms with Crippen LogP contribution in [-0.2, 0) is 5.75 Å². The third-order valence-electron chi connectivity index (χ3n) is 3.22. The smallest absolute Gasteiger partial charge is 0.0709 e. The van der Waals surface area contributed by atoms with Gasteiger partial charge in [-0.25, -0.2) is 0 Å². The second kappa shape index (κ2) is 6.60. The number of hydrogen-bond acceptors (Lipinski definition) is 3. The Balaban J connectivity index is 2.26. The van der Waals surface area contributed by atoms with Gasteiger partial charge in [-0.2, -0.15) is 11.8 Å². The molecule has 0 saturated heterocycles. The predicted octanol–water partition coefficient (Wildman–Crippen LogP) is 4.17. The minimum absolute atomic E-state index is 0.537. The topological polar surface area (TPSA) is 38.9 Å². The van der Waals surface area contributed by atoms with Crippen LogP contribution in [0.15, 0.2) is 24.3 Å². The van der Waals surface area contributed by atoms with Gasteiger partial charge in [0.25, 0.3) is 0 Å². The number of thioether (sulfide) groups is 1. The summed E-state index contributed by atoms with van der Waals surface area (Å²) in [5, 5.41) is 2.47. The quantitative estimate of drug-likeness (QED) is 0.899. The predicted molar refractivity (Wildman–Crippen MR) is 85.9 cm³/mol. The number of aryl methyl sites for hydroxylation is 1. The van der Waals surface area contributed by atoms with Crippen LogP contribution in [0, 0.1) is 6.92 Å². The van der Waals surface area contributed by atoms with Gasteiger partial charge in [-0.05, 0) is 31.5 Å². The maximum Gasteiger partial charge on any atom is 0.0709 e. The van der Waals surface area contributed by atoms with Crippen molar-refractivity contribution in [3.63, 3.8) is 0 Å². The van der Waals surface area contributed by atoms with E-state index in [9.17, 15) is 0 Å². The normalized spacial score (nSPS) is 12.8. The molecule has 0 fully saturated rings. The fourth-order valence-corrected chi connectivity index (χ4v) is 3.30. The highest BCUT2D eigenvalue weighted by atomic mass is 35.5. The largest absolute Gasteiger partial charge is 0.330 e. The molecule has 0 aliphatic rings. The molecule has 1 aromatic carbocycles. The Morgan fingerprint density at radius 3 is 2.84 bits per heavy atom. The van der Waals surface area contributed by atoms with Crippen molar-refractivity contribution in [2.24, 2.45) is 5.73 Å². The molecule has 1 heterocycles. The number of halogens is 1. The third kappa shape index (κ3) is 3.41. The molecule has 1 atom stereocenters. The minimum Gasteiger partial charge on any atom is -0.330 e. The maximum atomic E-state index is 6.43. The molecule has 4 heteroatoms. The van der Waals surface area contributed by atoms with Gasteiger partial charge in [0.05, 0.1) is 16.2 Å². The Hall–Kier alpha value is -0.770. The summed E-state index contributed by atoms with van der Waals surface area (Å²) in [6, 6.07) is 8.13. The number of hydrogen-bond donors (Lipinski definition) is 1. The van der Waals surface area contributed by atoms with Gasteiger partial charge < -0.3 is 5.73 Å². The summed E-state index contributed by atoms with van der Waals surface area (Å²) in [7, 11) is 0. The van der Waals surface area contributed by atoms with E-state index in [-0.39, 0.29) is 0 Å². The van der Waals surface area contributed by atoms with Gasteiger partial charge in [0.2, 0.25) is 0 Å². The average molecular weight is 295 g/mol. The number of pyridine rings is 1. The summed E-state index contributed by atoms with van der Waals surface area (Å²) in [6.45, 7) is 4.98. The highest BCUT2D eigenvalue weighted by molar-refractivity contribution is 7.99. The number of nitrogens with two attached hydrogens (primary N) is 1. The fourth-order valence-electron chi connectivity index (χ4n) is 2.05. The van der Waals surface area contributed by atoms with E-state index < -0.39 is 0 Å². The van der Waals surface area contributed by atoms with E-state index in [1.54, 1.807) is 0 Å². The van der Waals surface area contributed by atoms with Gasteiger partial charge in [-0.1, -0.05) is 36.7 Å². The lowest BCUT2D eigenvalue weighted by molar-refractivity contribution is 0.822.